The van der Waals surface area contributed by atoms with E-state index >= 15 is 0 Å². The summed E-state index contributed by atoms with van der Waals surface area (Å²) in [6, 6.07) is 14.6. The van der Waals surface area contributed by atoms with Gasteiger partial charge in [-0.2, -0.15) is 0 Å². The number of piperazine rings is 1. The summed E-state index contributed by atoms with van der Waals surface area (Å²) in [7, 11) is 0. The smallest absolute Gasteiger partial charge is 0.410 e. The van der Waals surface area contributed by atoms with Gasteiger partial charge in [0.2, 0.25) is 0 Å². The number of hydrogen-bond acceptors (Lipinski definition) is 4. The Labute approximate surface area is 148 Å². The molecule has 0 N–H and O–H groups in total. The van der Waals surface area contributed by atoms with Gasteiger partial charge in [-0.1, -0.05) is 37.3 Å². The average Bonchev–Trinajstić information content (AvgIpc) is 3.00. The Hall–Kier alpha value is -2.40. The molecule has 3 heterocycles. The third kappa shape index (κ3) is 3.00. The molecule has 4 rings (SSSR count). The minimum atomic E-state index is -0.152. The molecule has 5 heteroatoms. The highest BCUT2D eigenvalue weighted by molar-refractivity contribution is 5.71. The maximum absolute atomic E-state index is 11.9. The number of benzene rings is 1. The van der Waals surface area contributed by atoms with E-state index in [1.54, 1.807) is 0 Å². The molecule has 2 aliphatic heterocycles. The number of nitrogens with zero attached hydrogens (tertiary/aromatic N) is 3. The van der Waals surface area contributed by atoms with Crippen LogP contribution in [0.25, 0.3) is 11.3 Å². The van der Waals surface area contributed by atoms with Gasteiger partial charge in [0.1, 0.15) is 6.61 Å². The molecule has 2 aliphatic rings. The predicted octanol–water partition coefficient (Wildman–Crippen LogP) is 3.17. The van der Waals surface area contributed by atoms with E-state index in [1.165, 1.54) is 5.56 Å². The molecular weight excluding hydrogens is 314 g/mol. The van der Waals surface area contributed by atoms with Gasteiger partial charge in [0.05, 0.1) is 11.2 Å². The number of ether oxygens (including phenoxy) is 1. The van der Waals surface area contributed by atoms with E-state index in [9.17, 15) is 4.79 Å². The molecule has 0 saturated carbocycles. The third-order valence-electron chi connectivity index (χ3n) is 5.39. The fourth-order valence-electron chi connectivity index (χ4n) is 3.85. The molecule has 2 fully saturated rings. The minimum absolute atomic E-state index is 0.150. The van der Waals surface area contributed by atoms with Crippen molar-refractivity contribution in [2.24, 2.45) is 0 Å². The number of amides is 1. The maximum Gasteiger partial charge on any atom is 0.410 e. The molecule has 2 saturated heterocycles. The Bertz CT molecular complexity index is 747. The monoisotopic (exact) mass is 337 g/mol. The first-order valence-electron chi connectivity index (χ1n) is 8.87. The van der Waals surface area contributed by atoms with Crippen LogP contribution < -0.4 is 0 Å². The Morgan fingerprint density at radius 1 is 1.16 bits per heavy atom. The van der Waals surface area contributed by atoms with Crippen molar-refractivity contribution < 1.29 is 9.53 Å². The van der Waals surface area contributed by atoms with Crippen molar-refractivity contribution in [3.05, 3.63) is 54.2 Å². The van der Waals surface area contributed by atoms with Gasteiger partial charge in [0.25, 0.3) is 0 Å². The van der Waals surface area contributed by atoms with Crippen LogP contribution in [-0.4, -0.2) is 52.7 Å². The Morgan fingerprint density at radius 2 is 2.00 bits per heavy atom. The molecule has 1 aromatic heterocycles. The van der Waals surface area contributed by atoms with Gasteiger partial charge in [-0.25, -0.2) is 4.79 Å². The van der Waals surface area contributed by atoms with Gasteiger partial charge in [0, 0.05) is 37.9 Å². The first-order chi connectivity index (χ1) is 12.2. The number of hydrogen-bond donors (Lipinski definition) is 0. The topological polar surface area (TPSA) is 45.7 Å². The average molecular weight is 337 g/mol. The van der Waals surface area contributed by atoms with E-state index in [2.05, 4.69) is 41.1 Å². The van der Waals surface area contributed by atoms with Crippen molar-refractivity contribution in [1.82, 2.24) is 14.8 Å². The second kappa shape index (κ2) is 6.48. The molecule has 0 radical (unpaired) electrons. The van der Waals surface area contributed by atoms with Crippen LogP contribution in [-0.2, 0) is 11.3 Å². The summed E-state index contributed by atoms with van der Waals surface area (Å²) in [6.45, 7) is 6.05. The lowest BCUT2D eigenvalue weighted by Crippen LogP contribution is -2.60. The molecular formula is C20H23N3O2. The zero-order chi connectivity index (χ0) is 17.3. The summed E-state index contributed by atoms with van der Waals surface area (Å²) in [5.74, 6) is 0. The molecule has 0 aliphatic carbocycles. The number of carbonyl (C=O) groups is 1. The summed E-state index contributed by atoms with van der Waals surface area (Å²) in [5, 5.41) is 0. The molecule has 0 bridgehead atoms. The summed E-state index contributed by atoms with van der Waals surface area (Å²) in [4.78, 5) is 20.6. The van der Waals surface area contributed by atoms with Crippen molar-refractivity contribution in [3.63, 3.8) is 0 Å². The van der Waals surface area contributed by atoms with Crippen molar-refractivity contribution in [3.8, 4) is 11.3 Å². The highest BCUT2D eigenvalue weighted by Crippen LogP contribution is 2.32. The number of aromatic nitrogens is 1. The number of rotatable bonds is 4. The van der Waals surface area contributed by atoms with Gasteiger partial charge in [-0.3, -0.25) is 14.8 Å². The molecule has 1 unspecified atom stereocenters. The summed E-state index contributed by atoms with van der Waals surface area (Å²) < 4.78 is 5.31. The number of fused-ring (bicyclic) bond motifs is 1. The van der Waals surface area contributed by atoms with E-state index in [4.69, 9.17) is 4.74 Å². The first kappa shape index (κ1) is 16.1. The van der Waals surface area contributed by atoms with E-state index in [0.29, 0.717) is 6.61 Å². The largest absolute Gasteiger partial charge is 0.447 e. The molecule has 25 heavy (non-hydrogen) atoms. The van der Waals surface area contributed by atoms with Gasteiger partial charge in [-0.05, 0) is 24.1 Å². The van der Waals surface area contributed by atoms with Crippen LogP contribution in [0.2, 0.25) is 0 Å². The van der Waals surface area contributed by atoms with Crippen LogP contribution in [0.1, 0.15) is 18.9 Å². The Kier molecular flexibility index (Phi) is 4.17. The number of cyclic esters (lactones) is 1. The second-order valence-corrected chi connectivity index (χ2v) is 6.91. The number of pyridine rings is 1. The normalized spacial score (nSPS) is 23.4. The van der Waals surface area contributed by atoms with Gasteiger partial charge < -0.3 is 4.74 Å². The second-order valence-electron chi connectivity index (χ2n) is 6.91. The van der Waals surface area contributed by atoms with E-state index in [-0.39, 0.29) is 11.6 Å². The van der Waals surface area contributed by atoms with Crippen LogP contribution in [0.15, 0.2) is 48.7 Å². The predicted molar refractivity (Wildman–Crippen MR) is 96.0 cm³/mol. The zero-order valence-corrected chi connectivity index (χ0v) is 14.5. The fourth-order valence-corrected chi connectivity index (χ4v) is 3.85. The summed E-state index contributed by atoms with van der Waals surface area (Å²) >= 11 is 0. The highest BCUT2D eigenvalue weighted by atomic mass is 16.6. The number of carbonyl (C=O) groups excluding carboxylic acids is 1. The molecule has 0 spiro atoms. The molecule has 130 valence electrons. The molecule has 1 atom stereocenters. The minimum Gasteiger partial charge on any atom is -0.447 e. The fraction of sp³-hybridized carbons (Fsp3) is 0.400. The third-order valence-corrected chi connectivity index (χ3v) is 5.39. The first-order valence-corrected chi connectivity index (χ1v) is 8.87. The zero-order valence-electron chi connectivity index (χ0n) is 14.5. The van der Waals surface area contributed by atoms with Crippen molar-refractivity contribution in [2.45, 2.75) is 25.4 Å². The highest BCUT2D eigenvalue weighted by Gasteiger charge is 2.49. The lowest BCUT2D eigenvalue weighted by Gasteiger charge is -2.44. The van der Waals surface area contributed by atoms with Gasteiger partial charge in [-0.15, -0.1) is 0 Å². The Balaban J connectivity index is 1.45. The van der Waals surface area contributed by atoms with Crippen LogP contribution in [0.5, 0.6) is 0 Å². The maximum atomic E-state index is 11.9. The summed E-state index contributed by atoms with van der Waals surface area (Å²) in [6.07, 6.45) is 2.59. The van der Waals surface area contributed by atoms with Gasteiger partial charge in [0.15, 0.2) is 0 Å². The van der Waals surface area contributed by atoms with E-state index in [1.807, 2.05) is 29.3 Å². The lowest BCUT2D eigenvalue weighted by atomic mass is 9.92. The Morgan fingerprint density at radius 3 is 2.72 bits per heavy atom. The lowest BCUT2D eigenvalue weighted by molar-refractivity contribution is 0.0449. The van der Waals surface area contributed by atoms with Crippen molar-refractivity contribution in [2.75, 3.05) is 26.2 Å². The molecule has 1 aromatic carbocycles. The SMILES string of the molecule is CCC12COC(=O)N1CCN(Cc1ccc(-c3ccccn3)cc1)C2. The van der Waals surface area contributed by atoms with E-state index in [0.717, 1.165) is 43.9 Å². The standard InChI is InChI=1S/C20H23N3O2/c1-2-20-14-22(11-12-23(20)19(24)25-15-20)13-16-6-8-17(9-7-16)18-5-3-4-10-21-18/h3-10H,2,11-15H2,1H3. The van der Waals surface area contributed by atoms with Crippen molar-refractivity contribution in [1.29, 1.82) is 0 Å². The van der Waals surface area contributed by atoms with Crippen LogP contribution in [0.3, 0.4) is 0 Å². The van der Waals surface area contributed by atoms with Crippen LogP contribution in [0, 0.1) is 0 Å². The molecule has 1 amide bonds. The van der Waals surface area contributed by atoms with Crippen molar-refractivity contribution >= 4 is 6.09 Å². The van der Waals surface area contributed by atoms with Crippen LogP contribution >= 0.6 is 0 Å². The molecule has 5 nitrogen and oxygen atoms in total. The summed E-state index contributed by atoms with van der Waals surface area (Å²) in [5.41, 5.74) is 3.26. The quantitative estimate of drug-likeness (QED) is 0.860. The molecule has 2 aromatic rings. The van der Waals surface area contributed by atoms with Gasteiger partial charge >= 0.3 is 6.09 Å². The van der Waals surface area contributed by atoms with Crippen LogP contribution in [0.4, 0.5) is 4.79 Å². The van der Waals surface area contributed by atoms with E-state index < -0.39 is 0 Å².